The third-order valence-electron chi connectivity index (χ3n) is 3.12. The normalized spacial score (nSPS) is 18.1. The van der Waals surface area contributed by atoms with Crippen LogP contribution in [0.4, 0.5) is 0 Å². The molecule has 0 aliphatic heterocycles. The van der Waals surface area contributed by atoms with Crippen molar-refractivity contribution in [2.75, 3.05) is 0 Å². The molecule has 1 aliphatic carbocycles. The second-order valence-electron chi connectivity index (χ2n) is 4.27. The van der Waals surface area contributed by atoms with Gasteiger partial charge in [-0.15, -0.1) is 0 Å². The molecule has 1 atom stereocenters. The van der Waals surface area contributed by atoms with Crippen LogP contribution in [0.1, 0.15) is 23.7 Å². The average molecular weight is 227 g/mol. The molecule has 4 nitrogen and oxygen atoms in total. The number of fused-ring (bicyclic) bond motifs is 1. The number of aromatic nitrogens is 2. The molecule has 1 aliphatic rings. The van der Waals surface area contributed by atoms with Gasteiger partial charge in [0.25, 0.3) is 0 Å². The van der Waals surface area contributed by atoms with E-state index in [0.717, 1.165) is 24.1 Å². The zero-order chi connectivity index (χ0) is 11.8. The van der Waals surface area contributed by atoms with Gasteiger partial charge in [0.05, 0.1) is 11.3 Å². The molecule has 0 fully saturated rings. The Hall–Kier alpha value is -1.94. The van der Waals surface area contributed by atoms with E-state index in [-0.39, 0.29) is 11.8 Å². The minimum atomic E-state index is -0.00222. The number of hydrogen-bond acceptors (Lipinski definition) is 4. The largest absolute Gasteiger partial charge is 0.507 e. The van der Waals surface area contributed by atoms with E-state index in [9.17, 15) is 5.11 Å². The van der Waals surface area contributed by atoms with Crippen LogP contribution >= 0.6 is 0 Å². The number of rotatable bonds is 1. The number of nitrogens with two attached hydrogens (primary N) is 1. The van der Waals surface area contributed by atoms with Crippen LogP contribution in [0, 0.1) is 0 Å². The fraction of sp³-hybridized carbons (Fsp3) is 0.231. The van der Waals surface area contributed by atoms with E-state index < -0.39 is 0 Å². The zero-order valence-electron chi connectivity index (χ0n) is 9.30. The summed E-state index contributed by atoms with van der Waals surface area (Å²) in [6.45, 7) is 0. The maximum Gasteiger partial charge on any atom is 0.163 e. The molecule has 3 N–H and O–H groups in total. The van der Waals surface area contributed by atoms with Crippen molar-refractivity contribution in [3.05, 3.63) is 41.7 Å². The lowest BCUT2D eigenvalue weighted by molar-refractivity contribution is 0.477. The van der Waals surface area contributed by atoms with Crippen molar-refractivity contribution in [3.8, 4) is 17.1 Å². The minimum absolute atomic E-state index is 0.00222. The molecule has 1 aromatic heterocycles. The second kappa shape index (κ2) is 3.82. The van der Waals surface area contributed by atoms with Crippen LogP contribution in [-0.4, -0.2) is 15.1 Å². The summed E-state index contributed by atoms with van der Waals surface area (Å²) in [7, 11) is 0. The van der Waals surface area contributed by atoms with E-state index in [1.807, 2.05) is 12.3 Å². The molecule has 0 spiro atoms. The Balaban J connectivity index is 2.11. The number of benzene rings is 1. The highest BCUT2D eigenvalue weighted by Crippen LogP contribution is 2.31. The van der Waals surface area contributed by atoms with Crippen molar-refractivity contribution in [2.45, 2.75) is 18.9 Å². The predicted octanol–water partition coefficient (Wildman–Crippen LogP) is 1.80. The van der Waals surface area contributed by atoms with Gasteiger partial charge in [-0.25, -0.2) is 9.97 Å². The van der Waals surface area contributed by atoms with E-state index in [1.165, 1.54) is 0 Å². The highest BCUT2D eigenvalue weighted by molar-refractivity contribution is 5.63. The van der Waals surface area contributed by atoms with E-state index in [0.29, 0.717) is 11.4 Å². The molecular weight excluding hydrogens is 214 g/mol. The van der Waals surface area contributed by atoms with Gasteiger partial charge >= 0.3 is 0 Å². The number of para-hydroxylation sites is 1. The molecule has 86 valence electrons. The van der Waals surface area contributed by atoms with Crippen LogP contribution in [0.2, 0.25) is 0 Å². The zero-order valence-corrected chi connectivity index (χ0v) is 9.30. The molecule has 17 heavy (non-hydrogen) atoms. The molecule has 2 aromatic rings. The van der Waals surface area contributed by atoms with Crippen molar-refractivity contribution in [3.63, 3.8) is 0 Å². The maximum absolute atomic E-state index is 9.77. The molecule has 4 heteroatoms. The van der Waals surface area contributed by atoms with E-state index in [4.69, 9.17) is 5.73 Å². The fourth-order valence-electron chi connectivity index (χ4n) is 2.17. The Morgan fingerprint density at radius 2 is 2.12 bits per heavy atom. The third kappa shape index (κ3) is 1.66. The Kier molecular flexibility index (Phi) is 2.30. The molecule has 1 aromatic carbocycles. The number of phenols is 1. The summed E-state index contributed by atoms with van der Waals surface area (Å²) in [4.78, 5) is 8.76. The molecule has 0 saturated carbocycles. The molecule has 0 bridgehead atoms. The summed E-state index contributed by atoms with van der Waals surface area (Å²) in [6.07, 6.45) is 3.68. The molecule has 1 heterocycles. The average Bonchev–Trinajstić information content (AvgIpc) is 2.71. The lowest BCUT2D eigenvalue weighted by atomic mass is 10.1. The van der Waals surface area contributed by atoms with Crippen LogP contribution in [0.3, 0.4) is 0 Å². The van der Waals surface area contributed by atoms with Crippen LogP contribution in [0.15, 0.2) is 30.5 Å². The first-order valence-electron chi connectivity index (χ1n) is 5.65. The van der Waals surface area contributed by atoms with E-state index >= 15 is 0 Å². The van der Waals surface area contributed by atoms with E-state index in [2.05, 4.69) is 9.97 Å². The van der Waals surface area contributed by atoms with Crippen molar-refractivity contribution in [1.29, 1.82) is 0 Å². The van der Waals surface area contributed by atoms with Crippen LogP contribution in [0.25, 0.3) is 11.4 Å². The maximum atomic E-state index is 9.77. The van der Waals surface area contributed by atoms with Gasteiger partial charge in [0, 0.05) is 12.2 Å². The summed E-state index contributed by atoms with van der Waals surface area (Å²) in [5, 5.41) is 9.77. The van der Waals surface area contributed by atoms with Crippen molar-refractivity contribution >= 4 is 0 Å². The van der Waals surface area contributed by atoms with Crippen molar-refractivity contribution in [2.24, 2.45) is 5.73 Å². The molecule has 0 amide bonds. The summed E-state index contributed by atoms with van der Waals surface area (Å²) >= 11 is 0. The number of nitrogens with zero attached hydrogens (tertiary/aromatic N) is 2. The number of aromatic hydroxyl groups is 1. The van der Waals surface area contributed by atoms with Crippen molar-refractivity contribution in [1.82, 2.24) is 9.97 Å². The Bertz CT molecular complexity index is 568. The number of aryl methyl sites for hydroxylation is 1. The first-order valence-corrected chi connectivity index (χ1v) is 5.65. The van der Waals surface area contributed by atoms with Gasteiger partial charge < -0.3 is 10.8 Å². The van der Waals surface area contributed by atoms with Gasteiger partial charge in [0.1, 0.15) is 5.75 Å². The highest BCUT2D eigenvalue weighted by Gasteiger charge is 2.22. The van der Waals surface area contributed by atoms with Gasteiger partial charge in [0.2, 0.25) is 0 Å². The smallest absolute Gasteiger partial charge is 0.163 e. The van der Waals surface area contributed by atoms with E-state index in [1.54, 1.807) is 18.2 Å². The monoisotopic (exact) mass is 227 g/mol. The fourth-order valence-corrected chi connectivity index (χ4v) is 2.17. The summed E-state index contributed by atoms with van der Waals surface area (Å²) in [5.41, 5.74) is 8.66. The van der Waals surface area contributed by atoms with Gasteiger partial charge in [-0.05, 0) is 30.5 Å². The molecule has 0 saturated heterocycles. The van der Waals surface area contributed by atoms with Crippen LogP contribution < -0.4 is 5.73 Å². The lowest BCUT2D eigenvalue weighted by Gasteiger charge is -2.07. The predicted molar refractivity (Wildman–Crippen MR) is 64.4 cm³/mol. The van der Waals surface area contributed by atoms with Gasteiger partial charge in [0.15, 0.2) is 5.82 Å². The minimum Gasteiger partial charge on any atom is -0.507 e. The summed E-state index contributed by atoms with van der Waals surface area (Å²) in [5.74, 6) is 0.734. The Morgan fingerprint density at radius 3 is 2.94 bits per heavy atom. The standard InChI is InChI=1S/C13H13N3O/c14-10-6-5-8-7-15-13(16-12(8)10)9-3-1-2-4-11(9)17/h1-4,7,10,17H,5-6,14H2. The summed E-state index contributed by atoms with van der Waals surface area (Å²) < 4.78 is 0. The molecule has 1 unspecified atom stereocenters. The van der Waals surface area contributed by atoms with Gasteiger partial charge in [-0.2, -0.15) is 0 Å². The number of phenolic OH excluding ortho intramolecular Hbond substituents is 1. The topological polar surface area (TPSA) is 72.0 Å². The number of hydrogen-bond donors (Lipinski definition) is 2. The first kappa shape index (κ1) is 10.2. The van der Waals surface area contributed by atoms with Crippen molar-refractivity contribution < 1.29 is 5.11 Å². The SMILES string of the molecule is NC1CCc2cnc(-c3ccccc3O)nc21. The van der Waals surface area contributed by atoms with Crippen LogP contribution in [-0.2, 0) is 6.42 Å². The molecular formula is C13H13N3O. The third-order valence-corrected chi connectivity index (χ3v) is 3.12. The first-order chi connectivity index (χ1) is 8.25. The quantitative estimate of drug-likeness (QED) is 0.779. The highest BCUT2D eigenvalue weighted by atomic mass is 16.3. The Morgan fingerprint density at radius 1 is 1.29 bits per heavy atom. The molecule has 3 rings (SSSR count). The Labute approximate surface area is 99.2 Å². The van der Waals surface area contributed by atoms with Gasteiger partial charge in [-0.3, -0.25) is 0 Å². The molecule has 0 radical (unpaired) electrons. The van der Waals surface area contributed by atoms with Crippen LogP contribution in [0.5, 0.6) is 5.75 Å². The van der Waals surface area contributed by atoms with Gasteiger partial charge in [-0.1, -0.05) is 12.1 Å². The second-order valence-corrected chi connectivity index (χ2v) is 4.27. The summed E-state index contributed by atoms with van der Waals surface area (Å²) in [6, 6.07) is 7.06. The lowest BCUT2D eigenvalue weighted by Crippen LogP contribution is -2.08.